The Labute approximate surface area is 172 Å². The van der Waals surface area contributed by atoms with Gasteiger partial charge in [0, 0.05) is 5.75 Å². The molecule has 3 aromatic rings. The van der Waals surface area contributed by atoms with Crippen molar-refractivity contribution >= 4 is 28.6 Å². The Morgan fingerprint density at radius 3 is 2.48 bits per heavy atom. The third-order valence-corrected chi connectivity index (χ3v) is 5.57. The number of aryl methyl sites for hydroxylation is 1. The highest BCUT2D eigenvalue weighted by Crippen LogP contribution is 2.33. The summed E-state index contributed by atoms with van der Waals surface area (Å²) >= 11 is 1.38. The predicted molar refractivity (Wildman–Crippen MR) is 112 cm³/mol. The van der Waals surface area contributed by atoms with Crippen molar-refractivity contribution in [3.8, 4) is 11.5 Å². The number of hydrogen-bond donors (Lipinski definition) is 0. The monoisotopic (exact) mass is 414 g/mol. The van der Waals surface area contributed by atoms with Crippen molar-refractivity contribution in [1.82, 2.24) is 9.55 Å². The minimum absolute atomic E-state index is 0.194. The second-order valence-corrected chi connectivity index (χ2v) is 7.24. The van der Waals surface area contributed by atoms with Crippen molar-refractivity contribution < 1.29 is 19.0 Å². The van der Waals surface area contributed by atoms with Crippen molar-refractivity contribution in [3.05, 3.63) is 57.9 Å². The van der Waals surface area contributed by atoms with Crippen LogP contribution < -0.4 is 15.0 Å². The van der Waals surface area contributed by atoms with E-state index in [0.717, 1.165) is 11.1 Å². The molecule has 0 bridgehead atoms. The van der Waals surface area contributed by atoms with E-state index in [1.807, 2.05) is 25.1 Å². The molecule has 0 aliphatic carbocycles. The number of aromatic nitrogens is 2. The largest absolute Gasteiger partial charge is 0.493 e. The molecule has 0 fully saturated rings. The molecule has 29 heavy (non-hydrogen) atoms. The highest BCUT2D eigenvalue weighted by Gasteiger charge is 2.16. The number of carbonyl (C=O) groups is 1. The first kappa shape index (κ1) is 20.7. The van der Waals surface area contributed by atoms with E-state index < -0.39 is 5.97 Å². The summed E-state index contributed by atoms with van der Waals surface area (Å²) in [7, 11) is 4.47. The first-order valence-electron chi connectivity index (χ1n) is 8.89. The zero-order chi connectivity index (χ0) is 21.0. The fourth-order valence-corrected chi connectivity index (χ4v) is 3.97. The molecular weight excluding hydrogens is 392 g/mol. The van der Waals surface area contributed by atoms with Crippen LogP contribution in [-0.4, -0.2) is 36.8 Å². The maximum atomic E-state index is 12.9. The van der Waals surface area contributed by atoms with E-state index in [9.17, 15) is 9.59 Å². The number of benzene rings is 2. The molecule has 0 saturated heterocycles. The van der Waals surface area contributed by atoms with Crippen LogP contribution in [0.1, 0.15) is 11.1 Å². The molecule has 0 spiro atoms. The van der Waals surface area contributed by atoms with Gasteiger partial charge >= 0.3 is 5.97 Å². The smallest absolute Gasteiger partial charge is 0.325 e. The average Bonchev–Trinajstić information content (AvgIpc) is 2.74. The zero-order valence-electron chi connectivity index (χ0n) is 16.7. The SMILES string of the molecule is COC(=O)Cn1c(SCc2cc(OC)c(OC)cc2C)nc2ccccc2c1=O. The van der Waals surface area contributed by atoms with Crippen LogP contribution in [0.3, 0.4) is 0 Å². The van der Waals surface area contributed by atoms with Gasteiger partial charge in [-0.05, 0) is 42.3 Å². The zero-order valence-corrected chi connectivity index (χ0v) is 17.5. The van der Waals surface area contributed by atoms with Gasteiger partial charge in [0.05, 0.1) is 32.2 Å². The number of para-hydroxylation sites is 1. The summed E-state index contributed by atoms with van der Waals surface area (Å²) in [5.41, 5.74) is 2.36. The number of esters is 1. The summed E-state index contributed by atoms with van der Waals surface area (Å²) in [6.07, 6.45) is 0. The number of rotatable bonds is 7. The van der Waals surface area contributed by atoms with E-state index in [-0.39, 0.29) is 12.1 Å². The fourth-order valence-electron chi connectivity index (χ4n) is 2.91. The van der Waals surface area contributed by atoms with Crippen molar-refractivity contribution in [2.75, 3.05) is 21.3 Å². The predicted octanol–water partition coefficient (Wildman–Crippen LogP) is 3.19. The quantitative estimate of drug-likeness (QED) is 0.334. The Morgan fingerprint density at radius 1 is 1.10 bits per heavy atom. The fraction of sp³-hybridized carbons (Fsp3) is 0.286. The molecule has 7 nitrogen and oxygen atoms in total. The van der Waals surface area contributed by atoms with Crippen molar-refractivity contribution in [1.29, 1.82) is 0 Å². The number of hydrogen-bond acceptors (Lipinski definition) is 7. The van der Waals surface area contributed by atoms with E-state index in [1.165, 1.54) is 23.4 Å². The summed E-state index contributed by atoms with van der Waals surface area (Å²) in [4.78, 5) is 29.4. The highest BCUT2D eigenvalue weighted by molar-refractivity contribution is 7.98. The standard InChI is InChI=1S/C21H22N2O5S/c1-13-9-17(26-2)18(27-3)10-14(13)12-29-21-22-16-8-6-5-7-15(16)20(25)23(21)11-19(24)28-4/h5-10H,11-12H2,1-4H3. The number of ether oxygens (including phenoxy) is 3. The maximum Gasteiger partial charge on any atom is 0.325 e. The Morgan fingerprint density at radius 2 is 1.79 bits per heavy atom. The van der Waals surface area contributed by atoms with Gasteiger partial charge < -0.3 is 14.2 Å². The molecule has 0 amide bonds. The molecule has 1 heterocycles. The number of methoxy groups -OCH3 is 3. The van der Waals surface area contributed by atoms with Crippen LogP contribution in [0.15, 0.2) is 46.3 Å². The Bertz CT molecular complexity index is 1110. The van der Waals surface area contributed by atoms with Crippen LogP contribution in [0, 0.1) is 6.92 Å². The summed E-state index contributed by atoms with van der Waals surface area (Å²) in [5.74, 6) is 1.32. The van der Waals surface area contributed by atoms with Gasteiger partial charge in [0.25, 0.3) is 5.56 Å². The van der Waals surface area contributed by atoms with Crippen LogP contribution in [-0.2, 0) is 21.8 Å². The van der Waals surface area contributed by atoms with Crippen LogP contribution in [0.4, 0.5) is 0 Å². The molecule has 0 N–H and O–H groups in total. The molecule has 0 radical (unpaired) electrons. The van der Waals surface area contributed by atoms with E-state index in [2.05, 4.69) is 4.98 Å². The summed E-state index contributed by atoms with van der Waals surface area (Å²) in [6.45, 7) is 1.79. The first-order chi connectivity index (χ1) is 14.0. The number of carbonyl (C=O) groups excluding carboxylic acids is 1. The molecule has 8 heteroatoms. The maximum absolute atomic E-state index is 12.9. The lowest BCUT2D eigenvalue weighted by atomic mass is 10.1. The second-order valence-electron chi connectivity index (χ2n) is 6.30. The van der Waals surface area contributed by atoms with Gasteiger partial charge in [-0.1, -0.05) is 23.9 Å². The molecule has 3 rings (SSSR count). The van der Waals surface area contributed by atoms with Crippen LogP contribution in [0.2, 0.25) is 0 Å². The summed E-state index contributed by atoms with van der Waals surface area (Å²) < 4.78 is 16.8. The van der Waals surface area contributed by atoms with Gasteiger partial charge in [-0.3, -0.25) is 14.2 Å². The highest BCUT2D eigenvalue weighted by atomic mass is 32.2. The Kier molecular flexibility index (Phi) is 6.43. The minimum Gasteiger partial charge on any atom is -0.493 e. The normalized spacial score (nSPS) is 10.8. The molecule has 0 unspecified atom stereocenters. The minimum atomic E-state index is -0.506. The molecule has 2 aromatic carbocycles. The Hall–Kier alpha value is -3.00. The third-order valence-electron chi connectivity index (χ3n) is 4.54. The van der Waals surface area contributed by atoms with Gasteiger partial charge in [-0.2, -0.15) is 0 Å². The number of nitrogens with zero attached hydrogens (tertiary/aromatic N) is 2. The lowest BCUT2D eigenvalue weighted by Gasteiger charge is -2.14. The molecule has 1 aromatic heterocycles. The second kappa shape index (κ2) is 9.00. The number of fused-ring (bicyclic) bond motifs is 1. The molecule has 0 aliphatic rings. The van der Waals surface area contributed by atoms with Crippen LogP contribution >= 0.6 is 11.8 Å². The lowest BCUT2D eigenvalue weighted by molar-refractivity contribution is -0.141. The molecule has 0 saturated carbocycles. The van der Waals surface area contributed by atoms with Gasteiger partial charge in [-0.15, -0.1) is 0 Å². The molecule has 0 aliphatic heterocycles. The van der Waals surface area contributed by atoms with Crippen LogP contribution in [0.25, 0.3) is 10.9 Å². The van der Waals surface area contributed by atoms with Crippen molar-refractivity contribution in [2.24, 2.45) is 0 Å². The lowest BCUT2D eigenvalue weighted by Crippen LogP contribution is -2.27. The van der Waals surface area contributed by atoms with Gasteiger partial charge in [0.2, 0.25) is 0 Å². The molecule has 152 valence electrons. The van der Waals surface area contributed by atoms with E-state index in [1.54, 1.807) is 32.4 Å². The van der Waals surface area contributed by atoms with E-state index >= 15 is 0 Å². The third kappa shape index (κ3) is 4.37. The van der Waals surface area contributed by atoms with Gasteiger partial charge in [-0.25, -0.2) is 4.98 Å². The topological polar surface area (TPSA) is 79.7 Å². The average molecular weight is 414 g/mol. The number of thioether (sulfide) groups is 1. The Balaban J connectivity index is 2.00. The van der Waals surface area contributed by atoms with Gasteiger partial charge in [0.15, 0.2) is 16.7 Å². The summed E-state index contributed by atoms with van der Waals surface area (Å²) in [5, 5.41) is 0.913. The van der Waals surface area contributed by atoms with Crippen molar-refractivity contribution in [3.63, 3.8) is 0 Å². The van der Waals surface area contributed by atoms with Crippen LogP contribution in [0.5, 0.6) is 11.5 Å². The van der Waals surface area contributed by atoms with Gasteiger partial charge in [0.1, 0.15) is 6.54 Å². The van der Waals surface area contributed by atoms with E-state index in [4.69, 9.17) is 14.2 Å². The van der Waals surface area contributed by atoms with Crippen molar-refractivity contribution in [2.45, 2.75) is 24.4 Å². The molecular formula is C21H22N2O5S. The first-order valence-corrected chi connectivity index (χ1v) is 9.87. The summed E-state index contributed by atoms with van der Waals surface area (Å²) in [6, 6.07) is 10.9. The van der Waals surface area contributed by atoms with E-state index in [0.29, 0.717) is 33.3 Å². The molecule has 0 atom stereocenters.